The predicted molar refractivity (Wildman–Crippen MR) is 72.6 cm³/mol. The van der Waals surface area contributed by atoms with E-state index in [1.807, 2.05) is 0 Å². The van der Waals surface area contributed by atoms with E-state index in [-0.39, 0.29) is 11.5 Å². The van der Waals surface area contributed by atoms with Crippen molar-refractivity contribution in [1.82, 2.24) is 0 Å². The number of phenols is 1. The monoisotopic (exact) mass is 270 g/mol. The number of fused-ring (bicyclic) bond motifs is 1. The first-order valence-electron chi connectivity index (χ1n) is 6.36. The summed E-state index contributed by atoms with van der Waals surface area (Å²) in [6.45, 7) is 1.63. The average Bonchev–Trinajstić information content (AvgIpc) is 2.46. The lowest BCUT2D eigenvalue weighted by Gasteiger charge is -2.38. The zero-order valence-electron chi connectivity index (χ0n) is 10.9. The van der Waals surface area contributed by atoms with Crippen LogP contribution in [0.15, 0.2) is 48.5 Å². The zero-order chi connectivity index (χ0) is 14.3. The van der Waals surface area contributed by atoms with Crippen LogP contribution in [-0.2, 0) is 5.79 Å². The highest BCUT2D eigenvalue weighted by Crippen LogP contribution is 2.41. The molecule has 0 unspecified atom stereocenters. The summed E-state index contributed by atoms with van der Waals surface area (Å²) < 4.78 is 5.68. The van der Waals surface area contributed by atoms with Gasteiger partial charge in [0.2, 0.25) is 5.79 Å². The number of Topliss-reactive ketones (excluding diaryl/α,β-unsaturated/α-hetero) is 1. The summed E-state index contributed by atoms with van der Waals surface area (Å²) in [7, 11) is 0. The molecule has 0 saturated carbocycles. The number of para-hydroxylation sites is 1. The molecule has 0 spiro atoms. The summed E-state index contributed by atoms with van der Waals surface area (Å²) in [6.07, 6.45) is 0. The largest absolute Gasteiger partial charge is 0.508 e. The Hall–Kier alpha value is -2.33. The van der Waals surface area contributed by atoms with Gasteiger partial charge in [-0.3, -0.25) is 4.79 Å². The quantitative estimate of drug-likeness (QED) is 0.835. The minimum absolute atomic E-state index is 0.0903. The summed E-state index contributed by atoms with van der Waals surface area (Å²) in [5.74, 6) is -2.16. The van der Waals surface area contributed by atoms with E-state index in [4.69, 9.17) is 4.74 Å². The smallest absolute Gasteiger partial charge is 0.244 e. The van der Waals surface area contributed by atoms with Crippen molar-refractivity contribution >= 4 is 5.78 Å². The molecule has 0 saturated heterocycles. The van der Waals surface area contributed by atoms with Crippen LogP contribution in [0.1, 0.15) is 22.8 Å². The second-order valence-corrected chi connectivity index (χ2v) is 4.93. The molecule has 2 aromatic rings. The molecule has 1 heterocycles. The number of hydrogen-bond donors (Lipinski definition) is 2. The predicted octanol–water partition coefficient (Wildman–Crippen LogP) is 2.45. The Morgan fingerprint density at radius 2 is 1.75 bits per heavy atom. The van der Waals surface area contributed by atoms with Gasteiger partial charge in [-0.05, 0) is 43.3 Å². The number of hydrogen-bond acceptors (Lipinski definition) is 4. The van der Waals surface area contributed by atoms with E-state index in [0.29, 0.717) is 16.9 Å². The average molecular weight is 270 g/mol. The van der Waals surface area contributed by atoms with Crippen LogP contribution in [-0.4, -0.2) is 16.0 Å². The molecule has 0 amide bonds. The molecule has 2 atom stereocenters. The highest BCUT2D eigenvalue weighted by molar-refractivity contribution is 6.01. The van der Waals surface area contributed by atoms with Crippen molar-refractivity contribution in [1.29, 1.82) is 0 Å². The number of ether oxygens (including phenoxy) is 1. The standard InChI is InChI=1S/C16H14O4/c1-10-15(18)13-4-2-3-5-14(13)20-16(10,19)11-6-8-12(17)9-7-11/h2-10,17,19H,1H3/t10-,16-/m1/s1. The van der Waals surface area contributed by atoms with E-state index < -0.39 is 11.7 Å². The van der Waals surface area contributed by atoms with Gasteiger partial charge < -0.3 is 14.9 Å². The number of carbonyl (C=O) groups excluding carboxylic acids is 1. The lowest BCUT2D eigenvalue weighted by molar-refractivity contribution is -0.176. The van der Waals surface area contributed by atoms with Gasteiger partial charge in [-0.2, -0.15) is 0 Å². The number of ketones is 1. The minimum Gasteiger partial charge on any atom is -0.508 e. The van der Waals surface area contributed by atoms with Crippen LogP contribution in [0, 0.1) is 5.92 Å². The normalized spacial score (nSPS) is 24.9. The number of benzene rings is 2. The van der Waals surface area contributed by atoms with E-state index in [9.17, 15) is 15.0 Å². The summed E-state index contributed by atoms with van der Waals surface area (Å²) in [4.78, 5) is 12.4. The first-order valence-corrected chi connectivity index (χ1v) is 6.36. The SMILES string of the molecule is C[C@@H]1C(=O)c2ccccc2O[C@@]1(O)c1ccc(O)cc1. The number of phenolic OH excluding ortho intramolecular Hbond substituents is 1. The fourth-order valence-electron chi connectivity index (χ4n) is 2.44. The molecule has 0 aromatic heterocycles. The van der Waals surface area contributed by atoms with Gasteiger partial charge in [0.1, 0.15) is 11.5 Å². The number of aromatic hydroxyl groups is 1. The van der Waals surface area contributed by atoms with Crippen LogP contribution in [0.4, 0.5) is 0 Å². The highest BCUT2D eigenvalue weighted by Gasteiger charge is 2.47. The van der Waals surface area contributed by atoms with Crippen molar-refractivity contribution in [2.24, 2.45) is 5.92 Å². The van der Waals surface area contributed by atoms with Gasteiger partial charge in [0.25, 0.3) is 0 Å². The van der Waals surface area contributed by atoms with Crippen molar-refractivity contribution in [3.05, 3.63) is 59.7 Å². The van der Waals surface area contributed by atoms with Crippen LogP contribution in [0.25, 0.3) is 0 Å². The van der Waals surface area contributed by atoms with Crippen molar-refractivity contribution in [2.75, 3.05) is 0 Å². The Morgan fingerprint density at radius 1 is 1.10 bits per heavy atom. The molecule has 0 fully saturated rings. The molecule has 2 aromatic carbocycles. The Labute approximate surface area is 116 Å². The topological polar surface area (TPSA) is 66.8 Å². The molecule has 1 aliphatic rings. The van der Waals surface area contributed by atoms with Crippen molar-refractivity contribution < 1.29 is 19.7 Å². The zero-order valence-corrected chi connectivity index (χ0v) is 10.9. The maximum atomic E-state index is 12.4. The van der Waals surface area contributed by atoms with Gasteiger partial charge in [-0.15, -0.1) is 0 Å². The molecule has 4 nitrogen and oxygen atoms in total. The Morgan fingerprint density at radius 3 is 2.45 bits per heavy atom. The summed E-state index contributed by atoms with van der Waals surface area (Å²) in [5, 5.41) is 20.1. The van der Waals surface area contributed by atoms with Crippen LogP contribution < -0.4 is 4.74 Å². The van der Waals surface area contributed by atoms with Crippen molar-refractivity contribution in [3.63, 3.8) is 0 Å². The first kappa shape index (κ1) is 12.7. The van der Waals surface area contributed by atoms with E-state index in [2.05, 4.69) is 0 Å². The molecule has 20 heavy (non-hydrogen) atoms. The van der Waals surface area contributed by atoms with Gasteiger partial charge in [-0.1, -0.05) is 12.1 Å². The molecular weight excluding hydrogens is 256 g/mol. The van der Waals surface area contributed by atoms with Gasteiger partial charge in [0.05, 0.1) is 11.5 Å². The molecule has 2 N–H and O–H groups in total. The highest BCUT2D eigenvalue weighted by atomic mass is 16.6. The first-order chi connectivity index (χ1) is 9.52. The van der Waals surface area contributed by atoms with Gasteiger partial charge >= 0.3 is 0 Å². The molecule has 1 aliphatic heterocycles. The second-order valence-electron chi connectivity index (χ2n) is 4.93. The Balaban J connectivity index is 2.11. The van der Waals surface area contributed by atoms with Crippen molar-refractivity contribution in [2.45, 2.75) is 12.7 Å². The summed E-state index contributed by atoms with van der Waals surface area (Å²) in [6, 6.07) is 12.9. The molecule has 0 radical (unpaired) electrons. The molecule has 3 rings (SSSR count). The third-order valence-electron chi connectivity index (χ3n) is 3.68. The fraction of sp³-hybridized carbons (Fsp3) is 0.188. The molecular formula is C16H14O4. The number of carbonyl (C=O) groups is 1. The van der Waals surface area contributed by atoms with Crippen LogP contribution >= 0.6 is 0 Å². The molecule has 4 heteroatoms. The number of aliphatic hydroxyl groups is 1. The third-order valence-corrected chi connectivity index (χ3v) is 3.68. The van der Waals surface area contributed by atoms with Gasteiger partial charge in [0, 0.05) is 5.56 Å². The maximum Gasteiger partial charge on any atom is 0.244 e. The Bertz CT molecular complexity index is 662. The summed E-state index contributed by atoms with van der Waals surface area (Å²) >= 11 is 0. The van der Waals surface area contributed by atoms with Crippen molar-refractivity contribution in [3.8, 4) is 11.5 Å². The third kappa shape index (κ3) is 1.77. The van der Waals surface area contributed by atoms with Crippen LogP contribution in [0.5, 0.6) is 11.5 Å². The molecule has 102 valence electrons. The lowest BCUT2D eigenvalue weighted by atomic mass is 9.84. The van der Waals surface area contributed by atoms with Crippen LogP contribution in [0.3, 0.4) is 0 Å². The minimum atomic E-state index is -1.72. The molecule has 0 aliphatic carbocycles. The molecule has 0 bridgehead atoms. The van der Waals surface area contributed by atoms with E-state index in [0.717, 1.165) is 0 Å². The Kier molecular flexibility index (Phi) is 2.76. The summed E-state index contributed by atoms with van der Waals surface area (Å²) in [5.41, 5.74) is 0.911. The van der Waals surface area contributed by atoms with E-state index in [1.54, 1.807) is 43.3 Å². The number of rotatable bonds is 1. The van der Waals surface area contributed by atoms with Gasteiger partial charge in [0.15, 0.2) is 5.78 Å². The van der Waals surface area contributed by atoms with Crippen LogP contribution in [0.2, 0.25) is 0 Å². The fourth-order valence-corrected chi connectivity index (χ4v) is 2.44. The van der Waals surface area contributed by atoms with Gasteiger partial charge in [-0.25, -0.2) is 0 Å². The maximum absolute atomic E-state index is 12.4. The van der Waals surface area contributed by atoms with E-state index >= 15 is 0 Å². The lowest BCUT2D eigenvalue weighted by Crippen LogP contribution is -2.46. The second kappa shape index (κ2) is 4.35. The van der Waals surface area contributed by atoms with E-state index in [1.165, 1.54) is 12.1 Å².